The fraction of sp³-hybridized carbons (Fsp3) is 0.867. The number of nitrogens with zero attached hydrogens (tertiary/aromatic N) is 1. The minimum Gasteiger partial charge on any atom is -0.303 e. The van der Waals surface area contributed by atoms with Crippen LogP contribution >= 0.6 is 0 Å². The molecule has 2 fully saturated rings. The van der Waals surface area contributed by atoms with Crippen molar-refractivity contribution in [3.8, 4) is 6.07 Å². The first-order valence-electron chi connectivity index (χ1n) is 7.16. The molecule has 2 heteroatoms. The first-order chi connectivity index (χ1) is 8.33. The lowest BCUT2D eigenvalue weighted by Crippen LogP contribution is -2.25. The predicted molar refractivity (Wildman–Crippen MR) is 67.2 cm³/mol. The number of rotatable bonds is 3. The Morgan fingerprint density at radius 3 is 1.94 bits per heavy atom. The molecular formula is C15H23NO. The molecule has 2 rings (SSSR count). The van der Waals surface area contributed by atoms with Crippen LogP contribution in [0.2, 0.25) is 0 Å². The normalized spacial score (nSPS) is 38.3. The van der Waals surface area contributed by atoms with Gasteiger partial charge >= 0.3 is 0 Å². The van der Waals surface area contributed by atoms with Gasteiger partial charge in [-0.05, 0) is 69.1 Å². The summed E-state index contributed by atoms with van der Waals surface area (Å²) < 4.78 is 0. The SMILES string of the molecule is N#CC1CCC(C2CCC(CC=O)CC2)CC1. The average Bonchev–Trinajstić information content (AvgIpc) is 2.40. The standard InChI is InChI=1S/C15H23NO/c16-11-13-3-7-15(8-4-13)14-5-1-12(2-6-14)9-10-17/h10,12-15H,1-9H2. The Labute approximate surface area is 104 Å². The van der Waals surface area contributed by atoms with Gasteiger partial charge in [0.25, 0.3) is 0 Å². The molecule has 2 aliphatic rings. The molecule has 17 heavy (non-hydrogen) atoms. The van der Waals surface area contributed by atoms with Crippen LogP contribution < -0.4 is 0 Å². The first-order valence-corrected chi connectivity index (χ1v) is 7.16. The summed E-state index contributed by atoms with van der Waals surface area (Å²) in [4.78, 5) is 10.5. The topological polar surface area (TPSA) is 40.9 Å². The summed E-state index contributed by atoms with van der Waals surface area (Å²) in [5.41, 5.74) is 0. The van der Waals surface area contributed by atoms with Crippen molar-refractivity contribution in [2.75, 3.05) is 0 Å². The van der Waals surface area contributed by atoms with E-state index in [4.69, 9.17) is 5.26 Å². The van der Waals surface area contributed by atoms with Crippen molar-refractivity contribution >= 4 is 6.29 Å². The minimum absolute atomic E-state index is 0.331. The molecular weight excluding hydrogens is 210 g/mol. The molecule has 2 nitrogen and oxygen atoms in total. The molecule has 0 aliphatic heterocycles. The summed E-state index contributed by atoms with van der Waals surface area (Å²) >= 11 is 0. The second kappa shape index (κ2) is 6.19. The monoisotopic (exact) mass is 233 g/mol. The van der Waals surface area contributed by atoms with Gasteiger partial charge in [-0.2, -0.15) is 5.26 Å². The van der Waals surface area contributed by atoms with E-state index in [-0.39, 0.29) is 0 Å². The molecule has 0 radical (unpaired) electrons. The van der Waals surface area contributed by atoms with Crippen molar-refractivity contribution in [2.45, 2.75) is 57.8 Å². The zero-order valence-corrected chi connectivity index (χ0v) is 10.6. The zero-order valence-electron chi connectivity index (χ0n) is 10.6. The number of nitriles is 1. The van der Waals surface area contributed by atoms with Gasteiger partial charge in [0.1, 0.15) is 6.29 Å². The molecule has 0 heterocycles. The summed E-state index contributed by atoms with van der Waals surface area (Å²) in [5.74, 6) is 2.76. The van der Waals surface area contributed by atoms with E-state index in [2.05, 4.69) is 6.07 Å². The molecule has 0 aromatic rings. The highest BCUT2D eigenvalue weighted by atomic mass is 16.1. The van der Waals surface area contributed by atoms with Gasteiger partial charge in [-0.3, -0.25) is 0 Å². The van der Waals surface area contributed by atoms with Crippen LogP contribution in [0.15, 0.2) is 0 Å². The number of carbonyl (C=O) groups is 1. The number of carbonyl (C=O) groups excluding carboxylic acids is 1. The van der Waals surface area contributed by atoms with Gasteiger partial charge in [0.05, 0.1) is 6.07 Å². The maximum atomic E-state index is 10.5. The third kappa shape index (κ3) is 3.31. The molecule has 0 aromatic heterocycles. The molecule has 0 N–H and O–H groups in total. The second-order valence-electron chi connectivity index (χ2n) is 5.92. The van der Waals surface area contributed by atoms with Crippen LogP contribution in [0.5, 0.6) is 0 Å². The van der Waals surface area contributed by atoms with E-state index < -0.39 is 0 Å². The molecule has 0 saturated heterocycles. The largest absolute Gasteiger partial charge is 0.303 e. The highest BCUT2D eigenvalue weighted by Gasteiger charge is 2.30. The van der Waals surface area contributed by atoms with E-state index in [1.54, 1.807) is 0 Å². The smallest absolute Gasteiger partial charge is 0.120 e. The van der Waals surface area contributed by atoms with E-state index >= 15 is 0 Å². The van der Waals surface area contributed by atoms with Crippen LogP contribution in [0, 0.1) is 35.0 Å². The van der Waals surface area contributed by atoms with Crippen molar-refractivity contribution in [1.82, 2.24) is 0 Å². The fourth-order valence-electron chi connectivity index (χ4n) is 3.75. The van der Waals surface area contributed by atoms with Crippen LogP contribution in [-0.2, 0) is 4.79 Å². The summed E-state index contributed by atoms with van der Waals surface area (Å²) in [6.07, 6.45) is 11.8. The third-order valence-electron chi connectivity index (χ3n) is 4.94. The molecule has 0 aromatic carbocycles. The molecule has 2 aliphatic carbocycles. The summed E-state index contributed by atoms with van der Waals surface area (Å²) in [6, 6.07) is 2.41. The number of aldehydes is 1. The quantitative estimate of drug-likeness (QED) is 0.697. The van der Waals surface area contributed by atoms with E-state index in [9.17, 15) is 4.79 Å². The van der Waals surface area contributed by atoms with Crippen LogP contribution in [0.25, 0.3) is 0 Å². The Kier molecular flexibility index (Phi) is 4.59. The number of hydrogen-bond acceptors (Lipinski definition) is 2. The van der Waals surface area contributed by atoms with Gasteiger partial charge in [0.15, 0.2) is 0 Å². The van der Waals surface area contributed by atoms with Crippen LogP contribution in [0.1, 0.15) is 57.8 Å². The van der Waals surface area contributed by atoms with Gasteiger partial charge in [-0.25, -0.2) is 0 Å². The van der Waals surface area contributed by atoms with E-state index in [1.807, 2.05) is 0 Å². The van der Waals surface area contributed by atoms with E-state index in [0.29, 0.717) is 11.8 Å². The Morgan fingerprint density at radius 2 is 1.47 bits per heavy atom. The van der Waals surface area contributed by atoms with Crippen molar-refractivity contribution in [2.24, 2.45) is 23.7 Å². The van der Waals surface area contributed by atoms with Gasteiger partial charge < -0.3 is 4.79 Å². The van der Waals surface area contributed by atoms with Gasteiger partial charge in [-0.1, -0.05) is 0 Å². The van der Waals surface area contributed by atoms with Crippen LogP contribution in [0.3, 0.4) is 0 Å². The maximum Gasteiger partial charge on any atom is 0.120 e. The van der Waals surface area contributed by atoms with Crippen molar-refractivity contribution in [3.05, 3.63) is 0 Å². The zero-order chi connectivity index (χ0) is 12.1. The molecule has 94 valence electrons. The predicted octanol–water partition coefficient (Wildman–Crippen LogP) is 3.71. The Morgan fingerprint density at radius 1 is 0.941 bits per heavy atom. The molecule has 0 bridgehead atoms. The van der Waals surface area contributed by atoms with Gasteiger partial charge in [0, 0.05) is 12.3 Å². The molecule has 0 spiro atoms. The van der Waals surface area contributed by atoms with E-state index in [0.717, 1.165) is 37.4 Å². The maximum absolute atomic E-state index is 10.5. The van der Waals surface area contributed by atoms with Crippen LogP contribution in [-0.4, -0.2) is 6.29 Å². The minimum atomic E-state index is 0.331. The lowest BCUT2D eigenvalue weighted by Gasteiger charge is -2.36. The first kappa shape index (κ1) is 12.6. The molecule has 2 saturated carbocycles. The van der Waals surface area contributed by atoms with Crippen molar-refractivity contribution in [3.63, 3.8) is 0 Å². The lowest BCUT2D eigenvalue weighted by molar-refractivity contribution is -0.108. The molecule has 0 atom stereocenters. The van der Waals surface area contributed by atoms with Crippen LogP contribution in [0.4, 0.5) is 0 Å². The Bertz CT molecular complexity index is 278. The van der Waals surface area contributed by atoms with E-state index in [1.165, 1.54) is 38.5 Å². The molecule has 0 unspecified atom stereocenters. The second-order valence-corrected chi connectivity index (χ2v) is 5.92. The number of hydrogen-bond donors (Lipinski definition) is 0. The summed E-state index contributed by atoms with van der Waals surface area (Å²) in [5, 5.41) is 8.90. The van der Waals surface area contributed by atoms with Crippen molar-refractivity contribution in [1.29, 1.82) is 5.26 Å². The van der Waals surface area contributed by atoms with Gasteiger partial charge in [-0.15, -0.1) is 0 Å². The summed E-state index contributed by atoms with van der Waals surface area (Å²) in [7, 11) is 0. The Balaban J connectivity index is 1.74. The third-order valence-corrected chi connectivity index (χ3v) is 4.94. The Hall–Kier alpha value is -0.840. The highest BCUT2D eigenvalue weighted by molar-refractivity contribution is 5.49. The van der Waals surface area contributed by atoms with Gasteiger partial charge in [0.2, 0.25) is 0 Å². The lowest BCUT2D eigenvalue weighted by atomic mass is 9.69. The summed E-state index contributed by atoms with van der Waals surface area (Å²) in [6.45, 7) is 0. The van der Waals surface area contributed by atoms with Crippen molar-refractivity contribution < 1.29 is 4.79 Å². The highest BCUT2D eigenvalue weighted by Crippen LogP contribution is 2.41. The molecule has 0 amide bonds. The fourth-order valence-corrected chi connectivity index (χ4v) is 3.75. The average molecular weight is 233 g/mol.